The van der Waals surface area contributed by atoms with Crippen molar-refractivity contribution in [3.05, 3.63) is 63.6 Å². The number of nitrogens with one attached hydrogen (secondary N) is 2. The number of halogens is 5. The van der Waals surface area contributed by atoms with Gasteiger partial charge in [0.25, 0.3) is 5.91 Å². The summed E-state index contributed by atoms with van der Waals surface area (Å²) in [7, 11) is 0. The number of anilines is 1. The molecule has 0 aromatic heterocycles. The van der Waals surface area contributed by atoms with E-state index in [0.717, 1.165) is 0 Å². The predicted molar refractivity (Wildman–Crippen MR) is 116 cm³/mol. The van der Waals surface area contributed by atoms with Crippen LogP contribution in [0, 0.1) is 11.8 Å². The first-order valence-corrected chi connectivity index (χ1v) is 10.7. The Kier molecular flexibility index (Phi) is 6.18. The lowest BCUT2D eigenvalue weighted by atomic mass is 9.90. The number of benzene rings is 2. The van der Waals surface area contributed by atoms with Gasteiger partial charge in [0.05, 0.1) is 12.1 Å². The van der Waals surface area contributed by atoms with Gasteiger partial charge in [0.2, 0.25) is 12.1 Å². The fourth-order valence-electron chi connectivity index (χ4n) is 3.81. The van der Waals surface area contributed by atoms with Crippen molar-refractivity contribution in [2.24, 2.45) is 16.8 Å². The van der Waals surface area contributed by atoms with Gasteiger partial charge in [0.1, 0.15) is 5.92 Å². The van der Waals surface area contributed by atoms with Crippen LogP contribution in [0.25, 0.3) is 0 Å². The number of benzodiazepines with no additional fused rings is 1. The number of hydrogen-bond donors (Lipinski definition) is 2. The molecule has 1 saturated carbocycles. The third-order valence-corrected chi connectivity index (χ3v) is 5.74. The number of aliphatic imine (C=N–C) groups is 1. The van der Waals surface area contributed by atoms with E-state index in [9.17, 15) is 22.8 Å². The van der Waals surface area contributed by atoms with Gasteiger partial charge in [-0.15, -0.1) is 0 Å². The van der Waals surface area contributed by atoms with E-state index in [2.05, 4.69) is 15.6 Å². The molecule has 0 spiro atoms. The predicted octanol–water partition coefficient (Wildman–Crippen LogP) is 5.01. The van der Waals surface area contributed by atoms with E-state index in [1.807, 2.05) is 0 Å². The van der Waals surface area contributed by atoms with Gasteiger partial charge in [-0.05, 0) is 48.6 Å². The van der Waals surface area contributed by atoms with E-state index in [1.165, 1.54) is 30.3 Å². The van der Waals surface area contributed by atoms with Crippen LogP contribution < -0.4 is 10.6 Å². The maximum Gasteiger partial charge on any atom is 0.397 e. The molecule has 2 aromatic carbocycles. The van der Waals surface area contributed by atoms with E-state index >= 15 is 0 Å². The number of rotatable bonds is 5. The van der Waals surface area contributed by atoms with Crippen LogP contribution in [0.4, 0.5) is 18.9 Å². The van der Waals surface area contributed by atoms with E-state index in [0.29, 0.717) is 28.5 Å². The molecule has 2 N–H and O–H groups in total. The molecule has 0 radical (unpaired) electrons. The minimum absolute atomic E-state index is 0.173. The molecule has 168 valence electrons. The molecule has 0 saturated heterocycles. The molecule has 4 rings (SSSR count). The standard InChI is InChI=1S/C22H18Cl2F3N3O2/c23-13-7-11(8-14(24)10-13)9-17(31)29-20-21(32)28-16-4-2-1-3-15(16)19(30-20)18(12-5-6-12)22(25,26)27/h1-4,7-8,10,12,18,20H,5-6,9H2,(H,28,32)(H,29,31). The summed E-state index contributed by atoms with van der Waals surface area (Å²) in [6.45, 7) is 0. The largest absolute Gasteiger partial charge is 0.397 e. The van der Waals surface area contributed by atoms with Crippen molar-refractivity contribution in [2.75, 3.05) is 5.32 Å². The van der Waals surface area contributed by atoms with E-state index < -0.39 is 36.0 Å². The molecule has 32 heavy (non-hydrogen) atoms. The highest BCUT2D eigenvalue weighted by molar-refractivity contribution is 6.34. The van der Waals surface area contributed by atoms with Crippen molar-refractivity contribution in [3.8, 4) is 0 Å². The molecular formula is C22H18Cl2F3N3O2. The molecule has 1 aliphatic heterocycles. The molecule has 5 nitrogen and oxygen atoms in total. The zero-order chi connectivity index (χ0) is 23.0. The molecule has 1 aliphatic carbocycles. The maximum absolute atomic E-state index is 14.0. The minimum atomic E-state index is -4.54. The fourth-order valence-corrected chi connectivity index (χ4v) is 4.38. The van der Waals surface area contributed by atoms with Gasteiger partial charge in [0, 0.05) is 21.3 Å². The van der Waals surface area contributed by atoms with E-state index in [-0.39, 0.29) is 23.4 Å². The summed E-state index contributed by atoms with van der Waals surface area (Å²) in [5, 5.41) is 5.68. The number of fused-ring (bicyclic) bond motifs is 1. The molecule has 1 fully saturated rings. The zero-order valence-corrected chi connectivity index (χ0v) is 18.1. The van der Waals surface area contributed by atoms with Crippen LogP contribution in [0.3, 0.4) is 0 Å². The Morgan fingerprint density at radius 2 is 1.81 bits per heavy atom. The first-order chi connectivity index (χ1) is 15.1. The molecule has 0 bridgehead atoms. The highest BCUT2D eigenvalue weighted by atomic mass is 35.5. The van der Waals surface area contributed by atoms with Crippen molar-refractivity contribution in [2.45, 2.75) is 31.6 Å². The average molecular weight is 484 g/mol. The SMILES string of the molecule is O=C(Cc1cc(Cl)cc(Cl)c1)NC1N=C(C(C2CC2)C(F)(F)F)c2ccccc2NC1=O. The van der Waals surface area contributed by atoms with Crippen molar-refractivity contribution in [1.82, 2.24) is 5.32 Å². The van der Waals surface area contributed by atoms with E-state index in [4.69, 9.17) is 23.2 Å². The molecule has 2 atom stereocenters. The molecule has 2 aromatic rings. The number of carbonyl (C=O) groups excluding carboxylic acids is 2. The molecule has 1 heterocycles. The van der Waals surface area contributed by atoms with Crippen molar-refractivity contribution < 1.29 is 22.8 Å². The normalized spacial score (nSPS) is 19.3. The Labute approximate surface area is 192 Å². The van der Waals surface area contributed by atoms with E-state index in [1.54, 1.807) is 12.1 Å². The van der Waals surface area contributed by atoms with Gasteiger partial charge in [-0.25, -0.2) is 0 Å². The highest BCUT2D eigenvalue weighted by Gasteiger charge is 2.52. The monoisotopic (exact) mass is 483 g/mol. The van der Waals surface area contributed by atoms with Gasteiger partial charge in [-0.1, -0.05) is 41.4 Å². The van der Waals surface area contributed by atoms with Crippen LogP contribution >= 0.6 is 23.2 Å². The lowest BCUT2D eigenvalue weighted by Gasteiger charge is -2.23. The number of hydrogen-bond acceptors (Lipinski definition) is 3. The topological polar surface area (TPSA) is 70.6 Å². The summed E-state index contributed by atoms with van der Waals surface area (Å²) >= 11 is 11.9. The van der Waals surface area contributed by atoms with Crippen molar-refractivity contribution in [1.29, 1.82) is 0 Å². The molecule has 2 aliphatic rings. The number of carbonyl (C=O) groups is 2. The van der Waals surface area contributed by atoms with Crippen LogP contribution in [0.1, 0.15) is 24.0 Å². The van der Waals surface area contributed by atoms with Crippen LogP contribution in [-0.2, 0) is 16.0 Å². The highest BCUT2D eigenvalue weighted by Crippen LogP contribution is 2.47. The van der Waals surface area contributed by atoms with Gasteiger partial charge < -0.3 is 10.6 Å². The smallest absolute Gasteiger partial charge is 0.326 e. The zero-order valence-electron chi connectivity index (χ0n) is 16.5. The number of alkyl halides is 3. The molecule has 2 unspecified atom stereocenters. The second kappa shape index (κ2) is 8.75. The number of amides is 2. The summed E-state index contributed by atoms with van der Waals surface area (Å²) < 4.78 is 41.9. The number of para-hydroxylation sites is 1. The van der Waals surface area contributed by atoms with Crippen molar-refractivity contribution >= 4 is 46.4 Å². The molecular weight excluding hydrogens is 466 g/mol. The first-order valence-electron chi connectivity index (χ1n) is 9.91. The third-order valence-electron chi connectivity index (χ3n) is 5.30. The summed E-state index contributed by atoms with van der Waals surface area (Å²) in [4.78, 5) is 29.4. The Hall–Kier alpha value is -2.58. The molecule has 10 heteroatoms. The summed E-state index contributed by atoms with van der Waals surface area (Å²) in [5.74, 6) is -3.74. The Morgan fingerprint density at radius 1 is 1.16 bits per heavy atom. The first kappa shape index (κ1) is 22.6. The third kappa shape index (κ3) is 5.07. The van der Waals surface area contributed by atoms with Crippen LogP contribution in [0.5, 0.6) is 0 Å². The Balaban J connectivity index is 1.66. The van der Waals surface area contributed by atoms with Crippen LogP contribution in [-0.4, -0.2) is 29.9 Å². The fraction of sp³-hybridized carbons (Fsp3) is 0.318. The Morgan fingerprint density at radius 3 is 2.44 bits per heavy atom. The Bertz CT molecular complexity index is 1080. The minimum Gasteiger partial charge on any atom is -0.326 e. The maximum atomic E-state index is 14.0. The summed E-state index contributed by atoms with van der Waals surface area (Å²) in [5.41, 5.74) is 0.677. The lowest BCUT2D eigenvalue weighted by Crippen LogP contribution is -2.43. The lowest BCUT2D eigenvalue weighted by molar-refractivity contribution is -0.160. The second-order valence-electron chi connectivity index (χ2n) is 7.83. The average Bonchev–Trinajstić information content (AvgIpc) is 3.50. The second-order valence-corrected chi connectivity index (χ2v) is 8.70. The number of nitrogens with zero attached hydrogens (tertiary/aromatic N) is 1. The summed E-state index contributed by atoms with van der Waals surface area (Å²) in [6, 6.07) is 10.8. The van der Waals surface area contributed by atoms with Gasteiger partial charge >= 0.3 is 6.18 Å². The van der Waals surface area contributed by atoms with Crippen LogP contribution in [0.15, 0.2) is 47.5 Å². The van der Waals surface area contributed by atoms with Crippen molar-refractivity contribution in [3.63, 3.8) is 0 Å². The summed E-state index contributed by atoms with van der Waals surface area (Å²) in [6.07, 6.45) is -5.36. The van der Waals surface area contributed by atoms with Gasteiger partial charge in [-0.2, -0.15) is 13.2 Å². The molecule has 2 amide bonds. The quantitative estimate of drug-likeness (QED) is 0.627. The van der Waals surface area contributed by atoms with Crippen LogP contribution in [0.2, 0.25) is 10.0 Å². The van der Waals surface area contributed by atoms with Gasteiger partial charge in [-0.3, -0.25) is 14.6 Å². The van der Waals surface area contributed by atoms with Gasteiger partial charge in [0.15, 0.2) is 0 Å².